The number of aromatic nitrogens is 2. The first kappa shape index (κ1) is 19.7. The Hall–Kier alpha value is -3.04. The van der Waals surface area contributed by atoms with Crippen LogP contribution < -0.4 is 15.0 Å². The molecule has 0 radical (unpaired) electrons. The highest BCUT2D eigenvalue weighted by molar-refractivity contribution is 5.58. The molecule has 150 valence electrons. The standard InChI is InChI=1S/C18H21F2N5O3/c1-11-9-17(22-12(2)21-11)24-7-5-13(6-8-24)23-14-3-4-15(25(26)27)16(10-14)28-18(19)20/h3-4,9-10,13,18,23H,5-8H2,1-2H3. The average Bonchev–Trinajstić information content (AvgIpc) is 2.61. The van der Waals surface area contributed by atoms with E-state index in [0.717, 1.165) is 43.3 Å². The summed E-state index contributed by atoms with van der Waals surface area (Å²) in [6.07, 6.45) is 1.62. The first-order valence-corrected chi connectivity index (χ1v) is 8.89. The van der Waals surface area contributed by atoms with Gasteiger partial charge in [-0.3, -0.25) is 10.1 Å². The zero-order valence-corrected chi connectivity index (χ0v) is 15.6. The molecule has 28 heavy (non-hydrogen) atoms. The van der Waals surface area contributed by atoms with Crippen LogP contribution >= 0.6 is 0 Å². The van der Waals surface area contributed by atoms with Gasteiger partial charge < -0.3 is 15.0 Å². The number of ether oxygens (including phenoxy) is 1. The van der Waals surface area contributed by atoms with Crippen molar-refractivity contribution in [1.29, 1.82) is 0 Å². The monoisotopic (exact) mass is 393 g/mol. The summed E-state index contributed by atoms with van der Waals surface area (Å²) in [5.41, 5.74) is 0.934. The van der Waals surface area contributed by atoms with Crippen LogP contribution in [0.4, 0.5) is 26.0 Å². The van der Waals surface area contributed by atoms with Gasteiger partial charge in [-0.05, 0) is 32.8 Å². The number of nitrogens with one attached hydrogen (secondary N) is 1. The van der Waals surface area contributed by atoms with E-state index in [0.29, 0.717) is 5.69 Å². The van der Waals surface area contributed by atoms with Crippen LogP contribution in [0.15, 0.2) is 24.3 Å². The van der Waals surface area contributed by atoms with Crippen LogP contribution in [0.5, 0.6) is 5.75 Å². The number of hydrogen-bond donors (Lipinski definition) is 1. The molecule has 1 aliphatic heterocycles. The zero-order chi connectivity index (χ0) is 20.3. The van der Waals surface area contributed by atoms with E-state index in [-0.39, 0.29) is 6.04 Å². The fourth-order valence-corrected chi connectivity index (χ4v) is 3.29. The molecule has 1 aromatic heterocycles. The van der Waals surface area contributed by atoms with Gasteiger partial charge in [0.2, 0.25) is 5.75 Å². The number of rotatable bonds is 6. The lowest BCUT2D eigenvalue weighted by atomic mass is 10.0. The van der Waals surface area contributed by atoms with Crippen LogP contribution in [-0.2, 0) is 0 Å². The van der Waals surface area contributed by atoms with Gasteiger partial charge in [-0.1, -0.05) is 0 Å². The number of alkyl halides is 2. The van der Waals surface area contributed by atoms with Crippen molar-refractivity contribution in [2.75, 3.05) is 23.3 Å². The second-order valence-electron chi connectivity index (χ2n) is 6.64. The van der Waals surface area contributed by atoms with Gasteiger partial charge in [0, 0.05) is 48.7 Å². The fraction of sp³-hybridized carbons (Fsp3) is 0.444. The van der Waals surface area contributed by atoms with Crippen LogP contribution in [0.1, 0.15) is 24.4 Å². The molecule has 0 aliphatic carbocycles. The van der Waals surface area contributed by atoms with Crippen molar-refractivity contribution in [2.45, 2.75) is 39.3 Å². The van der Waals surface area contributed by atoms with Gasteiger partial charge in [0.1, 0.15) is 11.6 Å². The van der Waals surface area contributed by atoms with E-state index in [1.54, 1.807) is 0 Å². The maximum absolute atomic E-state index is 12.5. The molecule has 0 spiro atoms. The maximum Gasteiger partial charge on any atom is 0.387 e. The first-order chi connectivity index (χ1) is 13.3. The SMILES string of the molecule is Cc1cc(N2CCC(Nc3ccc([N+](=O)[O-])c(OC(F)F)c3)CC2)nc(C)n1. The zero-order valence-electron chi connectivity index (χ0n) is 15.6. The van der Waals surface area contributed by atoms with E-state index < -0.39 is 23.0 Å². The van der Waals surface area contributed by atoms with Gasteiger partial charge in [0.25, 0.3) is 0 Å². The Morgan fingerprint density at radius 2 is 1.96 bits per heavy atom. The summed E-state index contributed by atoms with van der Waals surface area (Å²) in [7, 11) is 0. The van der Waals surface area contributed by atoms with Gasteiger partial charge in [-0.2, -0.15) is 8.78 Å². The molecule has 1 aromatic carbocycles. The molecule has 1 fully saturated rings. The van der Waals surface area contributed by atoms with Crippen molar-refractivity contribution in [2.24, 2.45) is 0 Å². The normalized spacial score (nSPS) is 15.0. The molecule has 10 heteroatoms. The van der Waals surface area contributed by atoms with Crippen molar-refractivity contribution in [3.05, 3.63) is 45.9 Å². The molecule has 1 aliphatic rings. The van der Waals surface area contributed by atoms with Gasteiger partial charge >= 0.3 is 12.3 Å². The lowest BCUT2D eigenvalue weighted by Gasteiger charge is -2.33. The van der Waals surface area contributed by atoms with Crippen LogP contribution in [0.3, 0.4) is 0 Å². The predicted molar refractivity (Wildman–Crippen MR) is 100 cm³/mol. The molecule has 0 amide bonds. The number of nitro groups is 1. The number of halogens is 2. The van der Waals surface area contributed by atoms with Crippen LogP contribution in [0.2, 0.25) is 0 Å². The van der Waals surface area contributed by atoms with Crippen LogP contribution in [-0.4, -0.2) is 40.6 Å². The molecule has 0 bridgehead atoms. The summed E-state index contributed by atoms with van der Waals surface area (Å²) >= 11 is 0. The number of anilines is 2. The van der Waals surface area contributed by atoms with Gasteiger partial charge in [0.05, 0.1) is 4.92 Å². The third-order valence-electron chi connectivity index (χ3n) is 4.51. The van der Waals surface area contributed by atoms with Crippen molar-refractivity contribution in [1.82, 2.24) is 9.97 Å². The Labute approximate surface area is 160 Å². The van der Waals surface area contributed by atoms with Crippen LogP contribution in [0, 0.1) is 24.0 Å². The van der Waals surface area contributed by atoms with Gasteiger partial charge in [-0.15, -0.1) is 0 Å². The minimum atomic E-state index is -3.13. The molecule has 1 saturated heterocycles. The van der Waals surface area contributed by atoms with Gasteiger partial charge in [-0.25, -0.2) is 9.97 Å². The summed E-state index contributed by atoms with van der Waals surface area (Å²) in [5.74, 6) is 1.17. The third-order valence-corrected chi connectivity index (χ3v) is 4.51. The molecule has 2 heterocycles. The van der Waals surface area contributed by atoms with Crippen molar-refractivity contribution >= 4 is 17.2 Å². The number of piperidine rings is 1. The minimum absolute atomic E-state index is 0.112. The number of aryl methyl sites for hydroxylation is 2. The predicted octanol–water partition coefficient (Wildman–Crippen LogP) is 3.68. The summed E-state index contributed by atoms with van der Waals surface area (Å²) in [6.45, 7) is 2.22. The van der Waals surface area contributed by atoms with Crippen molar-refractivity contribution < 1.29 is 18.4 Å². The Balaban J connectivity index is 1.65. The Bertz CT molecular complexity index is 837. The number of nitrogens with zero attached hydrogens (tertiary/aromatic N) is 4. The number of hydrogen-bond acceptors (Lipinski definition) is 7. The molecule has 3 rings (SSSR count). The number of benzene rings is 1. The van der Waals surface area contributed by atoms with E-state index in [1.165, 1.54) is 18.2 Å². The second kappa shape index (κ2) is 8.32. The molecule has 0 unspecified atom stereocenters. The Morgan fingerprint density at radius 3 is 2.57 bits per heavy atom. The van der Waals surface area contributed by atoms with Crippen molar-refractivity contribution in [3.8, 4) is 5.75 Å². The van der Waals surface area contributed by atoms with E-state index in [4.69, 9.17) is 0 Å². The van der Waals surface area contributed by atoms with E-state index in [1.807, 2.05) is 19.9 Å². The molecular weight excluding hydrogens is 372 g/mol. The molecular formula is C18H21F2N5O3. The molecule has 1 N–H and O–H groups in total. The van der Waals surface area contributed by atoms with Crippen LogP contribution in [0.25, 0.3) is 0 Å². The molecule has 2 aromatic rings. The van der Waals surface area contributed by atoms with Crippen molar-refractivity contribution in [3.63, 3.8) is 0 Å². The number of nitro benzene ring substituents is 1. The molecule has 8 nitrogen and oxygen atoms in total. The Morgan fingerprint density at radius 1 is 1.25 bits per heavy atom. The summed E-state index contributed by atoms with van der Waals surface area (Å²) < 4.78 is 29.4. The maximum atomic E-state index is 12.5. The smallest absolute Gasteiger partial charge is 0.387 e. The lowest BCUT2D eigenvalue weighted by Crippen LogP contribution is -2.39. The fourth-order valence-electron chi connectivity index (χ4n) is 3.29. The van der Waals surface area contributed by atoms with E-state index in [9.17, 15) is 18.9 Å². The summed E-state index contributed by atoms with van der Waals surface area (Å²) in [6, 6.07) is 5.97. The third kappa shape index (κ3) is 4.81. The van der Waals surface area contributed by atoms with E-state index >= 15 is 0 Å². The highest BCUT2D eigenvalue weighted by Crippen LogP contribution is 2.32. The van der Waals surface area contributed by atoms with E-state index in [2.05, 4.69) is 24.9 Å². The molecule has 0 saturated carbocycles. The lowest BCUT2D eigenvalue weighted by molar-refractivity contribution is -0.386. The first-order valence-electron chi connectivity index (χ1n) is 8.89. The Kier molecular flexibility index (Phi) is 5.86. The highest BCUT2D eigenvalue weighted by Gasteiger charge is 2.23. The second-order valence-corrected chi connectivity index (χ2v) is 6.64. The highest BCUT2D eigenvalue weighted by atomic mass is 19.3. The summed E-state index contributed by atoms with van der Waals surface area (Å²) in [4.78, 5) is 21.2. The summed E-state index contributed by atoms with van der Waals surface area (Å²) in [5, 5.41) is 14.2. The molecule has 0 atom stereocenters. The largest absolute Gasteiger partial charge is 0.427 e. The quantitative estimate of drug-likeness (QED) is 0.591. The average molecular weight is 393 g/mol. The van der Waals surface area contributed by atoms with Gasteiger partial charge in [0.15, 0.2) is 0 Å². The minimum Gasteiger partial charge on any atom is -0.427 e. The topological polar surface area (TPSA) is 93.4 Å².